The fraction of sp³-hybridized carbons (Fsp3) is 0.500. The van der Waals surface area contributed by atoms with Gasteiger partial charge in [0.1, 0.15) is 11.5 Å². The lowest BCUT2D eigenvalue weighted by atomic mass is 10.1. The van der Waals surface area contributed by atoms with E-state index < -0.39 is 0 Å². The molecule has 1 amide bonds. The molecule has 1 aromatic rings. The molecule has 0 aliphatic rings. The molecular formula is C14H22N2O3. The molecule has 0 aliphatic carbocycles. The number of nitrogens with one attached hydrogen (secondary N) is 1. The monoisotopic (exact) mass is 266 g/mol. The molecule has 19 heavy (non-hydrogen) atoms. The van der Waals surface area contributed by atoms with Crippen molar-refractivity contribution >= 4 is 11.6 Å². The van der Waals surface area contributed by atoms with Gasteiger partial charge in [0.25, 0.3) is 0 Å². The van der Waals surface area contributed by atoms with Crippen molar-refractivity contribution < 1.29 is 14.3 Å². The van der Waals surface area contributed by atoms with E-state index in [1.54, 1.807) is 32.4 Å². The first-order valence-corrected chi connectivity index (χ1v) is 6.32. The maximum absolute atomic E-state index is 11.9. The second kappa shape index (κ2) is 7.63. The van der Waals surface area contributed by atoms with Gasteiger partial charge in [-0.2, -0.15) is 0 Å². The molecule has 0 aromatic heterocycles. The van der Waals surface area contributed by atoms with Crippen LogP contribution in [0.3, 0.4) is 0 Å². The number of ether oxygens (including phenoxy) is 2. The fourth-order valence-corrected chi connectivity index (χ4v) is 1.62. The molecule has 5 heteroatoms. The van der Waals surface area contributed by atoms with Gasteiger partial charge in [-0.1, -0.05) is 6.92 Å². The maximum atomic E-state index is 11.9. The van der Waals surface area contributed by atoms with Gasteiger partial charge in [-0.3, -0.25) is 4.79 Å². The van der Waals surface area contributed by atoms with Crippen LogP contribution in [0.2, 0.25) is 0 Å². The zero-order valence-corrected chi connectivity index (χ0v) is 11.7. The average molecular weight is 266 g/mol. The summed E-state index contributed by atoms with van der Waals surface area (Å²) in [6, 6.07) is 5.28. The summed E-state index contributed by atoms with van der Waals surface area (Å²) in [6.07, 6.45) is 1.22. The molecule has 1 rings (SSSR count). The van der Waals surface area contributed by atoms with Crippen LogP contribution in [0.4, 0.5) is 5.69 Å². The van der Waals surface area contributed by atoms with Crippen LogP contribution in [0.25, 0.3) is 0 Å². The van der Waals surface area contributed by atoms with Crippen molar-refractivity contribution in [3.05, 3.63) is 18.2 Å². The van der Waals surface area contributed by atoms with Gasteiger partial charge < -0.3 is 20.5 Å². The maximum Gasteiger partial charge on any atom is 0.224 e. The molecule has 0 aliphatic heterocycles. The van der Waals surface area contributed by atoms with Crippen LogP contribution in [0.15, 0.2) is 18.2 Å². The first-order chi connectivity index (χ1) is 9.10. The Balaban J connectivity index is 2.66. The van der Waals surface area contributed by atoms with E-state index in [1.807, 2.05) is 6.92 Å². The third kappa shape index (κ3) is 4.79. The van der Waals surface area contributed by atoms with Gasteiger partial charge in [0.2, 0.25) is 5.91 Å². The molecular weight excluding hydrogens is 244 g/mol. The Bertz CT molecular complexity index is 421. The largest absolute Gasteiger partial charge is 0.497 e. The van der Waals surface area contributed by atoms with Gasteiger partial charge in [-0.25, -0.2) is 0 Å². The molecule has 0 saturated carbocycles. The zero-order chi connectivity index (χ0) is 14.3. The molecule has 0 bridgehead atoms. The van der Waals surface area contributed by atoms with Crippen LogP contribution in [0.1, 0.15) is 19.8 Å². The Morgan fingerprint density at radius 3 is 2.68 bits per heavy atom. The van der Waals surface area contributed by atoms with Gasteiger partial charge >= 0.3 is 0 Å². The van der Waals surface area contributed by atoms with E-state index in [4.69, 9.17) is 15.2 Å². The molecule has 0 spiro atoms. The smallest absolute Gasteiger partial charge is 0.224 e. The van der Waals surface area contributed by atoms with Crippen molar-refractivity contribution in [3.63, 3.8) is 0 Å². The van der Waals surface area contributed by atoms with E-state index in [0.29, 0.717) is 36.1 Å². The zero-order valence-electron chi connectivity index (χ0n) is 11.7. The molecule has 1 atom stereocenters. The molecule has 106 valence electrons. The van der Waals surface area contributed by atoms with Gasteiger partial charge in [-0.05, 0) is 31.0 Å². The summed E-state index contributed by atoms with van der Waals surface area (Å²) in [5.41, 5.74) is 6.14. The Labute approximate surface area is 114 Å². The lowest BCUT2D eigenvalue weighted by Crippen LogP contribution is -2.16. The van der Waals surface area contributed by atoms with Gasteiger partial charge in [0, 0.05) is 12.5 Å². The number of hydrogen-bond donors (Lipinski definition) is 2. The van der Waals surface area contributed by atoms with Crippen molar-refractivity contribution in [2.75, 3.05) is 26.1 Å². The van der Waals surface area contributed by atoms with E-state index >= 15 is 0 Å². The second-order valence-electron chi connectivity index (χ2n) is 4.49. The van der Waals surface area contributed by atoms with Crippen LogP contribution in [-0.4, -0.2) is 26.7 Å². The standard InChI is InChI=1S/C14H22N2O3/c1-10(9-15)4-7-14(17)16-12-8-11(18-2)5-6-13(12)19-3/h5-6,8,10H,4,7,9,15H2,1-3H3,(H,16,17). The number of benzene rings is 1. The number of rotatable bonds is 7. The molecule has 0 saturated heterocycles. The Morgan fingerprint density at radius 1 is 1.37 bits per heavy atom. The Morgan fingerprint density at radius 2 is 2.11 bits per heavy atom. The minimum Gasteiger partial charge on any atom is -0.497 e. The Hall–Kier alpha value is -1.75. The van der Waals surface area contributed by atoms with Gasteiger partial charge in [-0.15, -0.1) is 0 Å². The third-order valence-corrected chi connectivity index (χ3v) is 2.95. The van der Waals surface area contributed by atoms with Crippen LogP contribution in [-0.2, 0) is 4.79 Å². The SMILES string of the molecule is COc1ccc(OC)c(NC(=O)CCC(C)CN)c1. The summed E-state index contributed by atoms with van der Waals surface area (Å²) < 4.78 is 10.3. The van der Waals surface area contributed by atoms with Gasteiger partial charge in [0.05, 0.1) is 19.9 Å². The minimum atomic E-state index is -0.0492. The number of hydrogen-bond acceptors (Lipinski definition) is 4. The molecule has 1 unspecified atom stereocenters. The normalized spacial score (nSPS) is 11.8. The number of nitrogens with two attached hydrogens (primary N) is 1. The number of anilines is 1. The molecule has 5 nitrogen and oxygen atoms in total. The lowest BCUT2D eigenvalue weighted by Gasteiger charge is -2.12. The Kier molecular flexibility index (Phi) is 6.15. The van der Waals surface area contributed by atoms with Crippen LogP contribution >= 0.6 is 0 Å². The number of carbonyl (C=O) groups is 1. The van der Waals surface area contributed by atoms with Crippen molar-refractivity contribution in [1.82, 2.24) is 0 Å². The van der Waals surface area contributed by atoms with E-state index in [0.717, 1.165) is 6.42 Å². The highest BCUT2D eigenvalue weighted by atomic mass is 16.5. The summed E-state index contributed by atoms with van der Waals surface area (Å²) in [6.45, 7) is 2.62. The average Bonchev–Trinajstić information content (AvgIpc) is 2.44. The van der Waals surface area contributed by atoms with Crippen molar-refractivity contribution in [3.8, 4) is 11.5 Å². The summed E-state index contributed by atoms with van der Waals surface area (Å²) in [4.78, 5) is 11.9. The van der Waals surface area contributed by atoms with E-state index in [-0.39, 0.29) is 5.91 Å². The van der Waals surface area contributed by atoms with Gasteiger partial charge in [0.15, 0.2) is 0 Å². The van der Waals surface area contributed by atoms with Crippen LogP contribution in [0, 0.1) is 5.92 Å². The number of methoxy groups -OCH3 is 2. The van der Waals surface area contributed by atoms with Crippen molar-refractivity contribution in [2.24, 2.45) is 11.7 Å². The highest BCUT2D eigenvalue weighted by molar-refractivity contribution is 5.92. The van der Waals surface area contributed by atoms with Crippen molar-refractivity contribution in [2.45, 2.75) is 19.8 Å². The summed E-state index contributed by atoms with van der Waals surface area (Å²) >= 11 is 0. The van der Waals surface area contributed by atoms with Crippen LogP contribution in [0.5, 0.6) is 11.5 Å². The van der Waals surface area contributed by atoms with Crippen molar-refractivity contribution in [1.29, 1.82) is 0 Å². The lowest BCUT2D eigenvalue weighted by molar-refractivity contribution is -0.116. The second-order valence-corrected chi connectivity index (χ2v) is 4.49. The summed E-state index contributed by atoms with van der Waals surface area (Å²) in [5.74, 6) is 1.58. The topological polar surface area (TPSA) is 73.6 Å². The molecule has 1 aromatic carbocycles. The highest BCUT2D eigenvalue weighted by Gasteiger charge is 2.10. The van der Waals surface area contributed by atoms with E-state index in [2.05, 4.69) is 5.32 Å². The van der Waals surface area contributed by atoms with E-state index in [9.17, 15) is 4.79 Å². The highest BCUT2D eigenvalue weighted by Crippen LogP contribution is 2.29. The minimum absolute atomic E-state index is 0.0492. The molecule has 3 N–H and O–H groups in total. The predicted molar refractivity (Wildman–Crippen MR) is 75.6 cm³/mol. The third-order valence-electron chi connectivity index (χ3n) is 2.95. The molecule has 0 radical (unpaired) electrons. The fourth-order valence-electron chi connectivity index (χ4n) is 1.62. The molecule has 0 heterocycles. The number of carbonyl (C=O) groups excluding carboxylic acids is 1. The predicted octanol–water partition coefficient (Wildman–Crippen LogP) is 2.02. The first kappa shape index (κ1) is 15.3. The van der Waals surface area contributed by atoms with Crippen LogP contribution < -0.4 is 20.5 Å². The summed E-state index contributed by atoms with van der Waals surface area (Å²) in [7, 11) is 3.14. The molecule has 0 fully saturated rings. The summed E-state index contributed by atoms with van der Waals surface area (Å²) in [5, 5.41) is 2.83. The quantitative estimate of drug-likeness (QED) is 0.792. The first-order valence-electron chi connectivity index (χ1n) is 6.32. The number of amides is 1. The van der Waals surface area contributed by atoms with E-state index in [1.165, 1.54) is 0 Å².